The van der Waals surface area contributed by atoms with Crippen LogP contribution in [-0.2, 0) is 4.74 Å². The number of aromatic amines is 1. The molecule has 1 aliphatic rings. The van der Waals surface area contributed by atoms with E-state index in [-0.39, 0.29) is 0 Å². The van der Waals surface area contributed by atoms with Crippen LogP contribution >= 0.6 is 0 Å². The Bertz CT molecular complexity index is 647. The minimum absolute atomic E-state index is 0.733. The first-order valence-electron chi connectivity index (χ1n) is 8.22. The van der Waals surface area contributed by atoms with Crippen LogP contribution in [0.25, 0.3) is 11.0 Å². The molecule has 0 spiro atoms. The molecule has 0 bridgehead atoms. The maximum atomic E-state index is 5.42. The number of morpholine rings is 1. The Kier molecular flexibility index (Phi) is 4.97. The number of nitrogens with zero attached hydrogens (tertiary/aromatic N) is 4. The van der Waals surface area contributed by atoms with Crippen LogP contribution in [0.15, 0.2) is 6.07 Å². The van der Waals surface area contributed by atoms with Crippen LogP contribution in [0.3, 0.4) is 0 Å². The third-order valence-electron chi connectivity index (χ3n) is 3.98. The first-order chi connectivity index (χ1) is 11.1. The first-order valence-corrected chi connectivity index (χ1v) is 8.22. The van der Waals surface area contributed by atoms with E-state index in [4.69, 9.17) is 14.7 Å². The van der Waals surface area contributed by atoms with Crippen molar-refractivity contribution in [1.29, 1.82) is 0 Å². The third kappa shape index (κ3) is 3.92. The van der Waals surface area contributed by atoms with Gasteiger partial charge in [0.2, 0.25) is 5.95 Å². The van der Waals surface area contributed by atoms with Gasteiger partial charge in [0.15, 0.2) is 0 Å². The van der Waals surface area contributed by atoms with E-state index in [1.165, 1.54) is 0 Å². The highest BCUT2D eigenvalue weighted by molar-refractivity contribution is 5.89. The van der Waals surface area contributed by atoms with Gasteiger partial charge in [0.05, 0.1) is 18.6 Å². The lowest BCUT2D eigenvalue weighted by atomic mass is 10.3. The van der Waals surface area contributed by atoms with Crippen molar-refractivity contribution in [3.63, 3.8) is 0 Å². The molecule has 0 aliphatic carbocycles. The average molecular weight is 318 g/mol. The molecule has 0 aromatic carbocycles. The quantitative estimate of drug-likeness (QED) is 0.786. The fraction of sp³-hybridized carbons (Fsp3) is 0.625. The topological polar surface area (TPSA) is 69.3 Å². The number of H-pyrrole nitrogens is 1. The molecule has 2 aromatic rings. The largest absolute Gasteiger partial charge is 0.378 e. The van der Waals surface area contributed by atoms with Crippen molar-refractivity contribution in [2.45, 2.75) is 13.3 Å². The van der Waals surface area contributed by atoms with Gasteiger partial charge in [0, 0.05) is 25.3 Å². The van der Waals surface area contributed by atoms with E-state index < -0.39 is 0 Å². The van der Waals surface area contributed by atoms with Crippen molar-refractivity contribution in [2.75, 3.05) is 63.7 Å². The first kappa shape index (κ1) is 16.0. The summed E-state index contributed by atoms with van der Waals surface area (Å²) in [7, 11) is 4.18. The molecular weight excluding hydrogens is 292 g/mol. The van der Waals surface area contributed by atoms with Crippen molar-refractivity contribution >= 4 is 22.8 Å². The standard InChI is InChI=1S/C16H26N6O/c1-12-11-13-14(17-5-4-6-21(2)3)19-16(20-15(13)18-12)22-7-9-23-10-8-22/h11H,4-10H2,1-3H3,(H2,17,18,19,20). The molecule has 1 fully saturated rings. The summed E-state index contributed by atoms with van der Waals surface area (Å²) in [4.78, 5) is 17.2. The van der Waals surface area contributed by atoms with Gasteiger partial charge in [0.1, 0.15) is 11.5 Å². The van der Waals surface area contributed by atoms with Gasteiger partial charge in [-0.05, 0) is 40.1 Å². The smallest absolute Gasteiger partial charge is 0.229 e. The van der Waals surface area contributed by atoms with Crippen molar-refractivity contribution < 1.29 is 4.74 Å². The van der Waals surface area contributed by atoms with E-state index >= 15 is 0 Å². The summed E-state index contributed by atoms with van der Waals surface area (Å²) in [6, 6.07) is 2.10. The second-order valence-corrected chi connectivity index (χ2v) is 6.27. The maximum Gasteiger partial charge on any atom is 0.229 e. The minimum atomic E-state index is 0.733. The Morgan fingerprint density at radius 3 is 2.83 bits per heavy atom. The highest BCUT2D eigenvalue weighted by Crippen LogP contribution is 2.24. The lowest BCUT2D eigenvalue weighted by Gasteiger charge is -2.27. The second kappa shape index (κ2) is 7.14. The number of hydrogen-bond acceptors (Lipinski definition) is 6. The summed E-state index contributed by atoms with van der Waals surface area (Å²) >= 11 is 0. The Hall–Kier alpha value is -1.86. The van der Waals surface area contributed by atoms with Gasteiger partial charge >= 0.3 is 0 Å². The zero-order chi connectivity index (χ0) is 16.2. The molecule has 0 saturated carbocycles. The number of hydrogen-bond donors (Lipinski definition) is 2. The zero-order valence-electron chi connectivity index (χ0n) is 14.2. The van der Waals surface area contributed by atoms with Crippen molar-refractivity contribution in [3.8, 4) is 0 Å². The molecule has 3 rings (SSSR count). The van der Waals surface area contributed by atoms with Crippen molar-refractivity contribution in [1.82, 2.24) is 19.9 Å². The number of fused-ring (bicyclic) bond motifs is 1. The van der Waals surface area contributed by atoms with Gasteiger partial charge in [-0.25, -0.2) is 0 Å². The minimum Gasteiger partial charge on any atom is -0.378 e. The summed E-state index contributed by atoms with van der Waals surface area (Å²) in [5, 5.41) is 4.54. The SMILES string of the molecule is Cc1cc2c(NCCCN(C)C)nc(N3CCOCC3)nc2[nH]1. The van der Waals surface area contributed by atoms with E-state index in [2.05, 4.69) is 40.3 Å². The molecule has 1 saturated heterocycles. The zero-order valence-corrected chi connectivity index (χ0v) is 14.2. The molecule has 2 N–H and O–H groups in total. The van der Waals surface area contributed by atoms with Crippen LogP contribution in [0, 0.1) is 6.92 Å². The third-order valence-corrected chi connectivity index (χ3v) is 3.98. The summed E-state index contributed by atoms with van der Waals surface area (Å²) in [5.41, 5.74) is 2.00. The predicted molar refractivity (Wildman–Crippen MR) is 93.3 cm³/mol. The monoisotopic (exact) mass is 318 g/mol. The summed E-state index contributed by atoms with van der Waals surface area (Å²) in [6.07, 6.45) is 1.08. The van der Waals surface area contributed by atoms with E-state index in [1.807, 2.05) is 6.92 Å². The fourth-order valence-corrected chi connectivity index (χ4v) is 2.77. The number of ether oxygens (including phenoxy) is 1. The molecule has 0 unspecified atom stereocenters. The van der Waals surface area contributed by atoms with Crippen LogP contribution in [0.2, 0.25) is 0 Å². The molecule has 2 aromatic heterocycles. The van der Waals surface area contributed by atoms with E-state index in [0.29, 0.717) is 0 Å². The van der Waals surface area contributed by atoms with Gasteiger partial charge < -0.3 is 24.8 Å². The Morgan fingerprint density at radius 1 is 1.30 bits per heavy atom. The molecule has 1 aliphatic heterocycles. The van der Waals surface area contributed by atoms with Gasteiger partial charge in [-0.1, -0.05) is 0 Å². The van der Waals surface area contributed by atoms with Crippen LogP contribution in [0.4, 0.5) is 11.8 Å². The number of nitrogens with one attached hydrogen (secondary N) is 2. The average Bonchev–Trinajstić information content (AvgIpc) is 2.92. The molecule has 23 heavy (non-hydrogen) atoms. The number of aromatic nitrogens is 3. The van der Waals surface area contributed by atoms with Crippen LogP contribution < -0.4 is 10.2 Å². The molecule has 7 heteroatoms. The van der Waals surface area contributed by atoms with Crippen molar-refractivity contribution in [2.24, 2.45) is 0 Å². The molecule has 0 radical (unpaired) electrons. The molecule has 126 valence electrons. The van der Waals surface area contributed by atoms with Gasteiger partial charge in [-0.2, -0.15) is 9.97 Å². The number of anilines is 2. The molecule has 3 heterocycles. The fourth-order valence-electron chi connectivity index (χ4n) is 2.77. The van der Waals surface area contributed by atoms with Crippen LogP contribution in [0.1, 0.15) is 12.1 Å². The van der Waals surface area contributed by atoms with Gasteiger partial charge in [-0.15, -0.1) is 0 Å². The lowest BCUT2D eigenvalue weighted by molar-refractivity contribution is 0.122. The maximum absolute atomic E-state index is 5.42. The highest BCUT2D eigenvalue weighted by atomic mass is 16.5. The molecule has 7 nitrogen and oxygen atoms in total. The lowest BCUT2D eigenvalue weighted by Crippen LogP contribution is -2.37. The molecule has 0 atom stereocenters. The van der Waals surface area contributed by atoms with Crippen molar-refractivity contribution in [3.05, 3.63) is 11.8 Å². The normalized spacial score (nSPS) is 15.6. The molecule has 0 amide bonds. The van der Waals surface area contributed by atoms with E-state index in [1.54, 1.807) is 0 Å². The molecular formula is C16H26N6O. The van der Waals surface area contributed by atoms with E-state index in [0.717, 1.165) is 74.3 Å². The summed E-state index contributed by atoms with van der Waals surface area (Å²) < 4.78 is 5.42. The number of aryl methyl sites for hydroxylation is 1. The van der Waals surface area contributed by atoms with Gasteiger partial charge in [-0.3, -0.25) is 0 Å². The highest BCUT2D eigenvalue weighted by Gasteiger charge is 2.17. The number of rotatable bonds is 6. The Balaban J connectivity index is 1.81. The second-order valence-electron chi connectivity index (χ2n) is 6.27. The predicted octanol–water partition coefficient (Wildman–Crippen LogP) is 1.47. The van der Waals surface area contributed by atoms with Crippen LogP contribution in [0.5, 0.6) is 0 Å². The summed E-state index contributed by atoms with van der Waals surface area (Å²) in [5.74, 6) is 1.69. The van der Waals surface area contributed by atoms with E-state index in [9.17, 15) is 0 Å². The van der Waals surface area contributed by atoms with Crippen LogP contribution in [-0.4, -0.2) is 73.3 Å². The Morgan fingerprint density at radius 2 is 2.09 bits per heavy atom. The Labute approximate surface area is 137 Å². The summed E-state index contributed by atoms with van der Waals surface area (Å²) in [6.45, 7) is 7.15. The van der Waals surface area contributed by atoms with Gasteiger partial charge in [0.25, 0.3) is 0 Å².